The first-order chi connectivity index (χ1) is 13.6. The number of halogens is 1. The van der Waals surface area contributed by atoms with Gasteiger partial charge in [0.2, 0.25) is 0 Å². The van der Waals surface area contributed by atoms with E-state index in [0.29, 0.717) is 24.6 Å². The maximum absolute atomic E-state index is 13.2. The monoisotopic (exact) mass is 435 g/mol. The second-order valence-electron chi connectivity index (χ2n) is 6.98. The van der Waals surface area contributed by atoms with E-state index in [9.17, 15) is 14.9 Å². The van der Waals surface area contributed by atoms with Crippen molar-refractivity contribution in [3.63, 3.8) is 0 Å². The number of nitro groups is 1. The standard InChI is InChI=1S/C21H25N3O3S.ClH/c1-22-12-9-16-10-13-23(14-11-16)21(25)19-15-17(24(26)27)7-8-20(19)28-18-5-3-2-4-6-18;/h2-8,15-16,22H,9-14H2,1H3;1H. The zero-order valence-corrected chi connectivity index (χ0v) is 18.0. The predicted molar refractivity (Wildman–Crippen MR) is 118 cm³/mol. The van der Waals surface area contributed by atoms with E-state index in [4.69, 9.17) is 0 Å². The van der Waals surface area contributed by atoms with E-state index in [2.05, 4.69) is 5.32 Å². The molecule has 0 bridgehead atoms. The molecule has 6 nitrogen and oxygen atoms in total. The molecule has 0 aliphatic carbocycles. The minimum absolute atomic E-state index is 0. The van der Waals surface area contributed by atoms with Crippen LogP contribution in [0.5, 0.6) is 0 Å². The average Bonchev–Trinajstić information content (AvgIpc) is 2.73. The van der Waals surface area contributed by atoms with E-state index in [1.807, 2.05) is 42.3 Å². The summed E-state index contributed by atoms with van der Waals surface area (Å²) in [5.41, 5.74) is 0.362. The lowest BCUT2D eigenvalue weighted by molar-refractivity contribution is -0.384. The lowest BCUT2D eigenvalue weighted by atomic mass is 9.93. The van der Waals surface area contributed by atoms with E-state index < -0.39 is 4.92 Å². The molecule has 1 aliphatic rings. The van der Waals surface area contributed by atoms with Gasteiger partial charge in [-0.1, -0.05) is 30.0 Å². The molecule has 29 heavy (non-hydrogen) atoms. The van der Waals surface area contributed by atoms with Crippen molar-refractivity contribution in [2.45, 2.75) is 29.1 Å². The molecule has 1 N–H and O–H groups in total. The Hall–Kier alpha value is -2.09. The predicted octanol–water partition coefficient (Wildman–Crippen LogP) is 4.63. The van der Waals surface area contributed by atoms with Crippen molar-refractivity contribution in [1.29, 1.82) is 0 Å². The summed E-state index contributed by atoms with van der Waals surface area (Å²) in [5, 5.41) is 14.4. The SMILES string of the molecule is CNCCC1CCN(C(=O)c2cc([N+](=O)[O-])ccc2Sc2ccccc2)CC1.Cl. The van der Waals surface area contributed by atoms with Crippen molar-refractivity contribution in [3.8, 4) is 0 Å². The van der Waals surface area contributed by atoms with Crippen LogP contribution in [0.2, 0.25) is 0 Å². The van der Waals surface area contributed by atoms with Gasteiger partial charge in [-0.25, -0.2) is 0 Å². The van der Waals surface area contributed by atoms with Crippen LogP contribution in [-0.4, -0.2) is 42.4 Å². The van der Waals surface area contributed by atoms with Gasteiger partial charge in [0, 0.05) is 35.0 Å². The van der Waals surface area contributed by atoms with Gasteiger partial charge in [0.05, 0.1) is 10.5 Å². The molecule has 0 atom stereocenters. The molecular formula is C21H26ClN3O3S. The Kier molecular flexibility index (Phi) is 8.95. The van der Waals surface area contributed by atoms with Gasteiger partial charge in [-0.05, 0) is 57.0 Å². The summed E-state index contributed by atoms with van der Waals surface area (Å²) in [6.07, 6.45) is 3.07. The zero-order valence-electron chi connectivity index (χ0n) is 16.4. The molecular weight excluding hydrogens is 410 g/mol. The summed E-state index contributed by atoms with van der Waals surface area (Å²) < 4.78 is 0. The fraction of sp³-hybridized carbons (Fsp3) is 0.381. The van der Waals surface area contributed by atoms with Crippen molar-refractivity contribution < 1.29 is 9.72 Å². The third-order valence-electron chi connectivity index (χ3n) is 5.08. The Morgan fingerprint density at radius 3 is 2.52 bits per heavy atom. The van der Waals surface area contributed by atoms with Crippen LogP contribution in [0.1, 0.15) is 29.6 Å². The fourth-order valence-corrected chi connectivity index (χ4v) is 4.39. The van der Waals surface area contributed by atoms with E-state index in [1.54, 1.807) is 6.07 Å². The lowest BCUT2D eigenvalue weighted by Gasteiger charge is -2.32. The molecule has 2 aromatic rings. The normalized spacial score (nSPS) is 14.3. The number of non-ortho nitro benzene ring substituents is 1. The number of nitrogens with one attached hydrogen (secondary N) is 1. The molecule has 0 radical (unpaired) electrons. The molecule has 1 fully saturated rings. The molecule has 1 heterocycles. The van der Waals surface area contributed by atoms with Gasteiger partial charge >= 0.3 is 0 Å². The number of likely N-dealkylation sites (tertiary alicyclic amines) is 1. The summed E-state index contributed by atoms with van der Waals surface area (Å²) in [4.78, 5) is 27.6. The number of carbonyl (C=O) groups excluding carboxylic acids is 1. The first-order valence-electron chi connectivity index (χ1n) is 9.53. The van der Waals surface area contributed by atoms with Crippen molar-refractivity contribution in [2.24, 2.45) is 5.92 Å². The molecule has 1 saturated heterocycles. The Labute approximate surface area is 181 Å². The molecule has 3 rings (SSSR count). The fourth-order valence-electron chi connectivity index (χ4n) is 3.45. The molecule has 0 unspecified atom stereocenters. The number of benzene rings is 2. The minimum atomic E-state index is -0.447. The van der Waals surface area contributed by atoms with Gasteiger partial charge in [-0.2, -0.15) is 0 Å². The summed E-state index contributed by atoms with van der Waals surface area (Å²) in [6.45, 7) is 2.39. The van der Waals surface area contributed by atoms with Crippen LogP contribution in [0.15, 0.2) is 58.3 Å². The Balaban J connectivity index is 0.00000300. The number of rotatable bonds is 7. The summed E-state index contributed by atoms with van der Waals surface area (Å²) in [7, 11) is 1.95. The number of hydrogen-bond acceptors (Lipinski definition) is 5. The van der Waals surface area contributed by atoms with Gasteiger partial charge < -0.3 is 10.2 Å². The van der Waals surface area contributed by atoms with E-state index in [-0.39, 0.29) is 24.0 Å². The minimum Gasteiger partial charge on any atom is -0.339 e. The second kappa shape index (κ2) is 11.2. The van der Waals surface area contributed by atoms with Crippen LogP contribution in [0.4, 0.5) is 5.69 Å². The number of piperidine rings is 1. The third-order valence-corrected chi connectivity index (χ3v) is 6.16. The summed E-state index contributed by atoms with van der Waals surface area (Å²) in [5.74, 6) is 0.508. The van der Waals surface area contributed by atoms with Crippen molar-refractivity contribution in [1.82, 2.24) is 10.2 Å². The van der Waals surface area contributed by atoms with Crippen molar-refractivity contribution >= 4 is 35.8 Å². The maximum atomic E-state index is 13.2. The van der Waals surface area contributed by atoms with Gasteiger partial charge in [-0.3, -0.25) is 14.9 Å². The Morgan fingerprint density at radius 1 is 1.21 bits per heavy atom. The number of carbonyl (C=O) groups is 1. The van der Waals surface area contributed by atoms with Crippen molar-refractivity contribution in [3.05, 3.63) is 64.2 Å². The van der Waals surface area contributed by atoms with Crippen LogP contribution in [0, 0.1) is 16.0 Å². The van der Waals surface area contributed by atoms with Gasteiger partial charge in [-0.15, -0.1) is 12.4 Å². The van der Waals surface area contributed by atoms with Crippen LogP contribution >= 0.6 is 24.2 Å². The lowest BCUT2D eigenvalue weighted by Crippen LogP contribution is -2.39. The topological polar surface area (TPSA) is 75.5 Å². The number of amides is 1. The number of nitrogens with zero attached hydrogens (tertiary/aromatic N) is 2. The highest BCUT2D eigenvalue weighted by atomic mass is 35.5. The Bertz CT molecular complexity index is 827. The molecule has 0 saturated carbocycles. The highest BCUT2D eigenvalue weighted by Crippen LogP contribution is 2.34. The average molecular weight is 436 g/mol. The molecule has 8 heteroatoms. The first kappa shape index (κ1) is 23.2. The smallest absolute Gasteiger partial charge is 0.270 e. The summed E-state index contributed by atoms with van der Waals surface area (Å²) >= 11 is 1.46. The van der Waals surface area contributed by atoms with E-state index >= 15 is 0 Å². The zero-order chi connectivity index (χ0) is 19.9. The summed E-state index contributed by atoms with van der Waals surface area (Å²) in [6, 6.07) is 14.3. The van der Waals surface area contributed by atoms with Gasteiger partial charge in [0.25, 0.3) is 11.6 Å². The molecule has 1 amide bonds. The molecule has 0 spiro atoms. The van der Waals surface area contributed by atoms with E-state index in [1.165, 1.54) is 23.9 Å². The first-order valence-corrected chi connectivity index (χ1v) is 10.4. The maximum Gasteiger partial charge on any atom is 0.270 e. The molecule has 156 valence electrons. The second-order valence-corrected chi connectivity index (χ2v) is 8.10. The third kappa shape index (κ3) is 6.19. The highest BCUT2D eigenvalue weighted by Gasteiger charge is 2.26. The number of nitro benzene ring substituents is 1. The van der Waals surface area contributed by atoms with Crippen LogP contribution < -0.4 is 5.32 Å². The number of hydrogen-bond donors (Lipinski definition) is 1. The van der Waals surface area contributed by atoms with Crippen molar-refractivity contribution in [2.75, 3.05) is 26.7 Å². The van der Waals surface area contributed by atoms with Gasteiger partial charge in [0.1, 0.15) is 0 Å². The van der Waals surface area contributed by atoms with Crippen LogP contribution in [0.3, 0.4) is 0 Å². The van der Waals surface area contributed by atoms with E-state index in [0.717, 1.165) is 35.6 Å². The molecule has 0 aromatic heterocycles. The largest absolute Gasteiger partial charge is 0.339 e. The van der Waals surface area contributed by atoms with Gasteiger partial charge in [0.15, 0.2) is 0 Å². The van der Waals surface area contributed by atoms with Crippen LogP contribution in [-0.2, 0) is 0 Å². The highest BCUT2D eigenvalue weighted by molar-refractivity contribution is 7.99. The Morgan fingerprint density at radius 2 is 1.90 bits per heavy atom. The quantitative estimate of drug-likeness (QED) is 0.507. The molecule has 2 aromatic carbocycles. The van der Waals surface area contributed by atoms with Crippen LogP contribution in [0.25, 0.3) is 0 Å². The molecule has 1 aliphatic heterocycles.